The minimum Gasteiger partial charge on any atom is -0.472 e. The highest BCUT2D eigenvalue weighted by Crippen LogP contribution is 2.27. The number of hydrogen-bond acceptors (Lipinski definition) is 2. The third kappa shape index (κ3) is 5.94. The van der Waals surface area contributed by atoms with E-state index in [0.29, 0.717) is 22.3 Å². The van der Waals surface area contributed by atoms with Gasteiger partial charge in [0.05, 0.1) is 5.02 Å². The number of nitrogens with one attached hydrogen (secondary N) is 2. The van der Waals surface area contributed by atoms with Crippen LogP contribution in [0.5, 0.6) is 5.75 Å². The van der Waals surface area contributed by atoms with Crippen LogP contribution in [0.4, 0.5) is 4.79 Å². The molecule has 0 aliphatic heterocycles. The molecule has 2 N–H and O–H groups in total. The third-order valence-electron chi connectivity index (χ3n) is 2.99. The Bertz CT molecular complexity index is 683. The SMILES string of the molecule is O=C(NCCc1ccccc1Br)NCOc1ccc(Cl)cc1Cl. The molecule has 0 bridgehead atoms. The van der Waals surface area contributed by atoms with Crippen LogP contribution in [0.15, 0.2) is 46.9 Å². The van der Waals surface area contributed by atoms with Crippen LogP contribution < -0.4 is 15.4 Å². The monoisotopic (exact) mass is 416 g/mol. The molecule has 23 heavy (non-hydrogen) atoms. The van der Waals surface area contributed by atoms with Crippen LogP contribution in [0.25, 0.3) is 0 Å². The van der Waals surface area contributed by atoms with Crippen molar-refractivity contribution in [3.63, 3.8) is 0 Å². The summed E-state index contributed by atoms with van der Waals surface area (Å²) >= 11 is 15.2. The Kier molecular flexibility index (Phi) is 7.02. The van der Waals surface area contributed by atoms with Gasteiger partial charge in [0.25, 0.3) is 0 Å². The van der Waals surface area contributed by atoms with Crippen LogP contribution in [0.3, 0.4) is 0 Å². The molecule has 4 nitrogen and oxygen atoms in total. The molecular formula is C16H15BrCl2N2O2. The Morgan fingerprint density at radius 3 is 2.65 bits per heavy atom. The molecule has 0 radical (unpaired) electrons. The number of hydrogen-bond donors (Lipinski definition) is 2. The van der Waals surface area contributed by atoms with Gasteiger partial charge in [-0.3, -0.25) is 0 Å². The fourth-order valence-corrected chi connectivity index (χ4v) is 2.79. The molecule has 0 aliphatic rings. The number of benzene rings is 2. The molecule has 0 spiro atoms. The largest absolute Gasteiger partial charge is 0.472 e. The highest BCUT2D eigenvalue weighted by atomic mass is 79.9. The maximum atomic E-state index is 11.7. The minimum absolute atomic E-state index is 0.0161. The van der Waals surface area contributed by atoms with Crippen LogP contribution in [-0.2, 0) is 6.42 Å². The lowest BCUT2D eigenvalue weighted by Gasteiger charge is -2.11. The Hall–Kier alpha value is -1.43. The van der Waals surface area contributed by atoms with Gasteiger partial charge in [0, 0.05) is 16.0 Å². The van der Waals surface area contributed by atoms with Crippen molar-refractivity contribution < 1.29 is 9.53 Å². The second-order valence-electron chi connectivity index (χ2n) is 4.64. The number of carbonyl (C=O) groups excluding carboxylic acids is 1. The molecule has 2 rings (SSSR count). The van der Waals surface area contributed by atoms with E-state index in [1.54, 1.807) is 18.2 Å². The zero-order valence-corrected chi connectivity index (χ0v) is 15.2. The quantitative estimate of drug-likeness (QED) is 0.673. The summed E-state index contributed by atoms with van der Waals surface area (Å²) in [5, 5.41) is 6.29. The van der Waals surface area contributed by atoms with E-state index < -0.39 is 0 Å². The normalized spacial score (nSPS) is 10.2. The predicted octanol–water partition coefficient (Wildman–Crippen LogP) is 4.63. The van der Waals surface area contributed by atoms with Gasteiger partial charge in [0.15, 0.2) is 6.73 Å². The summed E-state index contributed by atoms with van der Waals surface area (Å²) in [6, 6.07) is 12.5. The van der Waals surface area contributed by atoms with E-state index in [1.807, 2.05) is 24.3 Å². The molecule has 122 valence electrons. The zero-order valence-electron chi connectivity index (χ0n) is 12.1. The fraction of sp³-hybridized carbons (Fsp3) is 0.188. The number of urea groups is 1. The Morgan fingerprint density at radius 1 is 1.13 bits per heavy atom. The van der Waals surface area contributed by atoms with Crippen LogP contribution in [0.2, 0.25) is 10.0 Å². The van der Waals surface area contributed by atoms with Crippen LogP contribution in [0, 0.1) is 0 Å². The summed E-state index contributed by atoms with van der Waals surface area (Å²) in [6.07, 6.45) is 0.735. The molecule has 0 aromatic heterocycles. The second kappa shape index (κ2) is 9.01. The summed E-state index contributed by atoms with van der Waals surface area (Å²) in [4.78, 5) is 11.7. The molecule has 0 saturated carbocycles. The molecular weight excluding hydrogens is 403 g/mol. The molecule has 0 heterocycles. The van der Waals surface area contributed by atoms with Crippen molar-refractivity contribution in [1.29, 1.82) is 0 Å². The molecule has 0 fully saturated rings. The van der Waals surface area contributed by atoms with E-state index >= 15 is 0 Å². The number of halogens is 3. The molecule has 0 unspecified atom stereocenters. The van der Waals surface area contributed by atoms with E-state index in [-0.39, 0.29) is 12.8 Å². The van der Waals surface area contributed by atoms with Gasteiger partial charge in [0.1, 0.15) is 5.75 Å². The van der Waals surface area contributed by atoms with E-state index in [4.69, 9.17) is 27.9 Å². The lowest BCUT2D eigenvalue weighted by atomic mass is 10.1. The third-order valence-corrected chi connectivity index (χ3v) is 4.30. The lowest BCUT2D eigenvalue weighted by Crippen LogP contribution is -2.38. The highest BCUT2D eigenvalue weighted by Gasteiger charge is 2.04. The van der Waals surface area contributed by atoms with E-state index in [9.17, 15) is 4.79 Å². The molecule has 2 aromatic carbocycles. The molecule has 0 atom stereocenters. The van der Waals surface area contributed by atoms with Crippen molar-refractivity contribution in [1.82, 2.24) is 10.6 Å². The van der Waals surface area contributed by atoms with Crippen molar-refractivity contribution in [2.45, 2.75) is 6.42 Å². The first kappa shape index (κ1) is 17.9. The first-order chi connectivity index (χ1) is 11.1. The zero-order chi connectivity index (χ0) is 16.7. The van der Waals surface area contributed by atoms with E-state index in [1.165, 1.54) is 0 Å². The number of ether oxygens (including phenoxy) is 1. The number of carbonyl (C=O) groups is 1. The van der Waals surface area contributed by atoms with Gasteiger partial charge >= 0.3 is 6.03 Å². The Balaban J connectivity index is 1.68. The minimum atomic E-state index is -0.304. The van der Waals surface area contributed by atoms with Gasteiger partial charge in [0.2, 0.25) is 0 Å². The molecule has 7 heteroatoms. The highest BCUT2D eigenvalue weighted by molar-refractivity contribution is 9.10. The van der Waals surface area contributed by atoms with Crippen molar-refractivity contribution in [3.8, 4) is 5.75 Å². The summed E-state index contributed by atoms with van der Waals surface area (Å²) in [7, 11) is 0. The number of amides is 2. The van der Waals surface area contributed by atoms with Crippen molar-refractivity contribution in [2.75, 3.05) is 13.3 Å². The predicted molar refractivity (Wildman–Crippen MR) is 96.3 cm³/mol. The summed E-state index contributed by atoms with van der Waals surface area (Å²) in [5.41, 5.74) is 1.14. The summed E-state index contributed by atoms with van der Waals surface area (Å²) in [5.74, 6) is 0.463. The molecule has 0 aliphatic carbocycles. The second-order valence-corrected chi connectivity index (χ2v) is 6.34. The average molecular weight is 418 g/mol. The maximum Gasteiger partial charge on any atom is 0.317 e. The van der Waals surface area contributed by atoms with E-state index in [2.05, 4.69) is 26.6 Å². The van der Waals surface area contributed by atoms with Gasteiger partial charge in [-0.1, -0.05) is 57.3 Å². The van der Waals surface area contributed by atoms with Gasteiger partial charge < -0.3 is 15.4 Å². The van der Waals surface area contributed by atoms with Gasteiger partial charge in [-0.15, -0.1) is 0 Å². The van der Waals surface area contributed by atoms with Gasteiger partial charge in [-0.05, 0) is 36.2 Å². The van der Waals surface area contributed by atoms with Gasteiger partial charge in [-0.25, -0.2) is 4.79 Å². The van der Waals surface area contributed by atoms with Crippen molar-refractivity contribution >= 4 is 45.2 Å². The van der Waals surface area contributed by atoms with Crippen molar-refractivity contribution in [2.24, 2.45) is 0 Å². The standard InChI is InChI=1S/C16H15BrCl2N2O2/c17-13-4-2-1-3-11(13)7-8-20-16(22)21-10-23-15-6-5-12(18)9-14(15)19/h1-6,9H,7-8,10H2,(H2,20,21,22). The smallest absolute Gasteiger partial charge is 0.317 e. The maximum absolute atomic E-state index is 11.7. The lowest BCUT2D eigenvalue weighted by molar-refractivity contribution is 0.224. The fourth-order valence-electron chi connectivity index (χ4n) is 1.85. The Labute approximate surface area is 153 Å². The topological polar surface area (TPSA) is 50.4 Å². The molecule has 0 saturated heterocycles. The number of rotatable bonds is 6. The van der Waals surface area contributed by atoms with E-state index in [0.717, 1.165) is 16.5 Å². The van der Waals surface area contributed by atoms with Crippen LogP contribution in [0.1, 0.15) is 5.56 Å². The summed E-state index contributed by atoms with van der Waals surface area (Å²) in [6.45, 7) is 0.540. The van der Waals surface area contributed by atoms with Crippen LogP contribution in [-0.4, -0.2) is 19.3 Å². The Morgan fingerprint density at radius 2 is 1.91 bits per heavy atom. The van der Waals surface area contributed by atoms with Crippen molar-refractivity contribution in [3.05, 3.63) is 62.5 Å². The van der Waals surface area contributed by atoms with Gasteiger partial charge in [-0.2, -0.15) is 0 Å². The average Bonchev–Trinajstić information content (AvgIpc) is 2.51. The van der Waals surface area contributed by atoms with Crippen LogP contribution >= 0.6 is 39.1 Å². The molecule has 2 amide bonds. The first-order valence-corrected chi connectivity index (χ1v) is 8.44. The first-order valence-electron chi connectivity index (χ1n) is 6.89. The molecule has 2 aromatic rings. The summed E-state index contributed by atoms with van der Waals surface area (Å²) < 4.78 is 6.41.